The van der Waals surface area contributed by atoms with Crippen LogP contribution in [0.15, 0.2) is 29.2 Å². The molecule has 0 radical (unpaired) electrons. The number of carbonyl (C=O) groups excluding carboxylic acids is 1. The third-order valence-electron chi connectivity index (χ3n) is 4.57. The fourth-order valence-electron chi connectivity index (χ4n) is 2.91. The standard InChI is InChI=1S/C18H29N3O3S/c1-3-5-6-10-19-25(23,24)17-9-7-8-16(15-17)18(22)21-13-11-20(4-2)12-14-21/h7-9,15,19H,3-6,10-14H2,1-2H3. The molecule has 0 atom stereocenters. The Morgan fingerprint density at radius 2 is 1.84 bits per heavy atom. The molecule has 1 aromatic carbocycles. The van der Waals surface area contributed by atoms with Crippen LogP contribution in [0.2, 0.25) is 0 Å². The zero-order chi connectivity index (χ0) is 18.3. The predicted molar refractivity (Wildman–Crippen MR) is 99.2 cm³/mol. The van der Waals surface area contributed by atoms with E-state index in [2.05, 4.69) is 23.5 Å². The van der Waals surface area contributed by atoms with Crippen molar-refractivity contribution in [3.8, 4) is 0 Å². The highest BCUT2D eigenvalue weighted by atomic mass is 32.2. The van der Waals surface area contributed by atoms with Crippen LogP contribution in [-0.4, -0.2) is 63.4 Å². The van der Waals surface area contributed by atoms with Gasteiger partial charge in [0.1, 0.15) is 0 Å². The molecular weight excluding hydrogens is 338 g/mol. The zero-order valence-corrected chi connectivity index (χ0v) is 16.0. The van der Waals surface area contributed by atoms with E-state index in [1.807, 2.05) is 0 Å². The first kappa shape index (κ1) is 19.9. The molecular formula is C18H29N3O3S. The molecule has 1 amide bonds. The van der Waals surface area contributed by atoms with Crippen molar-refractivity contribution in [2.24, 2.45) is 0 Å². The number of nitrogens with zero attached hydrogens (tertiary/aromatic N) is 2. The van der Waals surface area contributed by atoms with Gasteiger partial charge in [0.2, 0.25) is 10.0 Å². The first-order chi connectivity index (χ1) is 12.0. The van der Waals surface area contributed by atoms with E-state index >= 15 is 0 Å². The summed E-state index contributed by atoms with van der Waals surface area (Å²) in [6.07, 6.45) is 2.85. The van der Waals surface area contributed by atoms with Gasteiger partial charge >= 0.3 is 0 Å². The molecule has 0 unspecified atom stereocenters. The number of nitrogens with one attached hydrogen (secondary N) is 1. The summed E-state index contributed by atoms with van der Waals surface area (Å²) in [5.74, 6) is -0.0983. The highest BCUT2D eigenvalue weighted by Crippen LogP contribution is 2.15. The van der Waals surface area contributed by atoms with Gasteiger partial charge in [0.05, 0.1) is 4.90 Å². The van der Waals surface area contributed by atoms with E-state index in [-0.39, 0.29) is 10.8 Å². The summed E-state index contributed by atoms with van der Waals surface area (Å²) in [7, 11) is -3.57. The van der Waals surface area contributed by atoms with E-state index in [4.69, 9.17) is 0 Å². The van der Waals surface area contributed by atoms with Crippen LogP contribution in [0.4, 0.5) is 0 Å². The number of carbonyl (C=O) groups is 1. The number of benzene rings is 1. The highest BCUT2D eigenvalue weighted by molar-refractivity contribution is 7.89. The van der Waals surface area contributed by atoms with Crippen molar-refractivity contribution in [3.05, 3.63) is 29.8 Å². The Hall–Kier alpha value is -1.44. The van der Waals surface area contributed by atoms with E-state index in [0.717, 1.165) is 38.9 Å². The molecule has 1 fully saturated rings. The number of amides is 1. The van der Waals surface area contributed by atoms with E-state index in [0.29, 0.717) is 25.2 Å². The molecule has 0 aromatic heterocycles. The Labute approximate surface area is 151 Å². The van der Waals surface area contributed by atoms with Crippen molar-refractivity contribution in [3.63, 3.8) is 0 Å². The molecule has 1 saturated heterocycles. The first-order valence-corrected chi connectivity index (χ1v) is 10.6. The van der Waals surface area contributed by atoms with Gasteiger partial charge in [-0.25, -0.2) is 13.1 Å². The highest BCUT2D eigenvalue weighted by Gasteiger charge is 2.22. The third kappa shape index (κ3) is 5.52. The Kier molecular flexibility index (Phi) is 7.40. The molecule has 6 nitrogen and oxygen atoms in total. The number of unbranched alkanes of at least 4 members (excludes halogenated alkanes) is 2. The Bertz CT molecular complexity index is 668. The molecule has 7 heteroatoms. The maximum Gasteiger partial charge on any atom is 0.253 e. The minimum absolute atomic E-state index is 0.0983. The average Bonchev–Trinajstić information content (AvgIpc) is 2.65. The molecule has 0 aliphatic carbocycles. The van der Waals surface area contributed by atoms with Crippen LogP contribution < -0.4 is 4.72 Å². The maximum atomic E-state index is 12.7. The number of hydrogen-bond acceptors (Lipinski definition) is 4. The van der Waals surface area contributed by atoms with Gasteiger partial charge < -0.3 is 9.80 Å². The summed E-state index contributed by atoms with van der Waals surface area (Å²) in [6.45, 7) is 8.67. The predicted octanol–water partition coefficient (Wildman–Crippen LogP) is 1.93. The van der Waals surface area contributed by atoms with Gasteiger partial charge in [-0.3, -0.25) is 4.79 Å². The second-order valence-corrected chi connectivity index (χ2v) is 8.13. The van der Waals surface area contributed by atoms with Crippen molar-refractivity contribution in [2.45, 2.75) is 38.0 Å². The third-order valence-corrected chi connectivity index (χ3v) is 6.03. The number of hydrogen-bond donors (Lipinski definition) is 1. The molecule has 1 heterocycles. The number of sulfonamides is 1. The molecule has 25 heavy (non-hydrogen) atoms. The lowest BCUT2D eigenvalue weighted by atomic mass is 10.2. The van der Waals surface area contributed by atoms with Crippen LogP contribution in [0.1, 0.15) is 43.5 Å². The SMILES string of the molecule is CCCCCNS(=O)(=O)c1cccc(C(=O)N2CCN(CC)CC2)c1. The topological polar surface area (TPSA) is 69.7 Å². The molecule has 1 aliphatic rings. The average molecular weight is 368 g/mol. The van der Waals surface area contributed by atoms with Crippen LogP contribution >= 0.6 is 0 Å². The minimum atomic E-state index is -3.57. The van der Waals surface area contributed by atoms with Crippen LogP contribution in [0.25, 0.3) is 0 Å². The summed E-state index contributed by atoms with van der Waals surface area (Å²) in [5.41, 5.74) is 0.432. The van der Waals surface area contributed by atoms with Crippen LogP contribution in [-0.2, 0) is 10.0 Å². The summed E-state index contributed by atoms with van der Waals surface area (Å²) < 4.78 is 27.4. The molecule has 1 aliphatic heterocycles. The lowest BCUT2D eigenvalue weighted by Crippen LogP contribution is -2.48. The molecule has 0 saturated carbocycles. The molecule has 1 aromatic rings. The minimum Gasteiger partial charge on any atom is -0.336 e. The number of likely N-dealkylation sites (N-methyl/N-ethyl adjacent to an activating group) is 1. The monoisotopic (exact) mass is 367 g/mol. The summed E-state index contributed by atoms with van der Waals surface area (Å²) in [5, 5.41) is 0. The Morgan fingerprint density at radius 1 is 1.12 bits per heavy atom. The molecule has 140 valence electrons. The maximum absolute atomic E-state index is 12.7. The Morgan fingerprint density at radius 3 is 2.48 bits per heavy atom. The van der Waals surface area contributed by atoms with Gasteiger partial charge in [-0.05, 0) is 31.2 Å². The van der Waals surface area contributed by atoms with Crippen molar-refractivity contribution in [1.29, 1.82) is 0 Å². The summed E-state index contributed by atoms with van der Waals surface area (Å²) in [4.78, 5) is 16.9. The first-order valence-electron chi connectivity index (χ1n) is 9.09. The second-order valence-electron chi connectivity index (χ2n) is 6.36. The van der Waals surface area contributed by atoms with Crippen LogP contribution in [0.5, 0.6) is 0 Å². The van der Waals surface area contributed by atoms with Gasteiger partial charge in [-0.2, -0.15) is 0 Å². The number of rotatable bonds is 8. The van der Waals surface area contributed by atoms with Gasteiger partial charge in [0.25, 0.3) is 5.91 Å². The molecule has 0 spiro atoms. The lowest BCUT2D eigenvalue weighted by molar-refractivity contribution is 0.0643. The number of piperazine rings is 1. The van der Waals surface area contributed by atoms with Gasteiger partial charge in [0, 0.05) is 38.3 Å². The fourth-order valence-corrected chi connectivity index (χ4v) is 4.03. The fraction of sp³-hybridized carbons (Fsp3) is 0.611. The quantitative estimate of drug-likeness (QED) is 0.713. The van der Waals surface area contributed by atoms with Crippen LogP contribution in [0.3, 0.4) is 0 Å². The van der Waals surface area contributed by atoms with E-state index in [9.17, 15) is 13.2 Å². The van der Waals surface area contributed by atoms with Crippen molar-refractivity contribution < 1.29 is 13.2 Å². The van der Waals surface area contributed by atoms with Crippen molar-refractivity contribution >= 4 is 15.9 Å². The van der Waals surface area contributed by atoms with E-state index < -0.39 is 10.0 Å². The van der Waals surface area contributed by atoms with Crippen molar-refractivity contribution in [1.82, 2.24) is 14.5 Å². The largest absolute Gasteiger partial charge is 0.336 e. The molecule has 0 bridgehead atoms. The van der Waals surface area contributed by atoms with Gasteiger partial charge in [-0.15, -0.1) is 0 Å². The molecule has 1 N–H and O–H groups in total. The summed E-state index contributed by atoms with van der Waals surface area (Å²) >= 11 is 0. The Balaban J connectivity index is 2.04. The smallest absolute Gasteiger partial charge is 0.253 e. The van der Waals surface area contributed by atoms with E-state index in [1.165, 1.54) is 12.1 Å². The lowest BCUT2D eigenvalue weighted by Gasteiger charge is -2.34. The van der Waals surface area contributed by atoms with E-state index in [1.54, 1.807) is 17.0 Å². The van der Waals surface area contributed by atoms with Crippen LogP contribution in [0, 0.1) is 0 Å². The summed E-state index contributed by atoms with van der Waals surface area (Å²) in [6, 6.07) is 6.34. The van der Waals surface area contributed by atoms with Crippen molar-refractivity contribution in [2.75, 3.05) is 39.3 Å². The zero-order valence-electron chi connectivity index (χ0n) is 15.2. The van der Waals surface area contributed by atoms with Gasteiger partial charge in [-0.1, -0.05) is 32.8 Å². The molecule has 2 rings (SSSR count). The second kappa shape index (κ2) is 9.31. The van der Waals surface area contributed by atoms with Gasteiger partial charge in [0.15, 0.2) is 0 Å². The normalized spacial score (nSPS) is 16.2.